The molecule has 0 aliphatic carbocycles. The van der Waals surface area contributed by atoms with E-state index in [-0.39, 0.29) is 35.4 Å². The summed E-state index contributed by atoms with van der Waals surface area (Å²) in [5.41, 5.74) is 0.962. The van der Waals surface area contributed by atoms with Gasteiger partial charge in [0, 0.05) is 24.1 Å². The Morgan fingerprint density at radius 1 is 1.25 bits per heavy atom. The number of hydrogen-bond acceptors (Lipinski definition) is 8. The highest BCUT2D eigenvalue weighted by molar-refractivity contribution is 9.10. The van der Waals surface area contributed by atoms with Gasteiger partial charge in [-0.05, 0) is 65.2 Å². The van der Waals surface area contributed by atoms with Gasteiger partial charge in [-0.2, -0.15) is 0 Å². The molecule has 1 heterocycles. The molecule has 0 amide bonds. The van der Waals surface area contributed by atoms with E-state index in [0.717, 1.165) is 0 Å². The van der Waals surface area contributed by atoms with Gasteiger partial charge in [0.2, 0.25) is 5.90 Å². The lowest BCUT2D eigenvalue weighted by molar-refractivity contribution is -0.384. The van der Waals surface area contributed by atoms with Crippen LogP contribution in [-0.2, 0) is 14.3 Å². The number of non-ortho nitro benzene ring substituents is 1. The van der Waals surface area contributed by atoms with E-state index in [1.54, 1.807) is 19.1 Å². The summed E-state index contributed by atoms with van der Waals surface area (Å²) in [6, 6.07) is 8.81. The Bertz CT molecular complexity index is 1120. The molecule has 0 aromatic heterocycles. The molecule has 0 atom stereocenters. The van der Waals surface area contributed by atoms with E-state index in [0.29, 0.717) is 34.4 Å². The monoisotopic (exact) mass is 502 g/mol. The predicted molar refractivity (Wildman–Crippen MR) is 120 cm³/mol. The standard InChI is InChI=1S/C22H19BrN2O7/c1-3-5-19(26)31-20-16(23)10-13(12-18(20)30-4-2)11-17-22(27)32-21(24-17)14-6-8-15(9-7-14)25(28)29/h6-12H,3-5H2,1-2H3/b17-11-. The lowest BCUT2D eigenvalue weighted by Crippen LogP contribution is -2.09. The molecule has 10 heteroatoms. The normalized spacial score (nSPS) is 14.2. The smallest absolute Gasteiger partial charge is 0.363 e. The van der Waals surface area contributed by atoms with Crippen LogP contribution in [0.4, 0.5) is 5.69 Å². The molecule has 9 nitrogen and oxygen atoms in total. The van der Waals surface area contributed by atoms with Gasteiger partial charge in [0.1, 0.15) is 0 Å². The highest BCUT2D eigenvalue weighted by Gasteiger charge is 2.25. The molecular formula is C22H19BrN2O7. The zero-order chi connectivity index (χ0) is 23.3. The van der Waals surface area contributed by atoms with Crippen molar-refractivity contribution in [2.24, 2.45) is 4.99 Å². The van der Waals surface area contributed by atoms with Gasteiger partial charge in [-0.25, -0.2) is 9.79 Å². The summed E-state index contributed by atoms with van der Waals surface area (Å²) in [7, 11) is 0. The average Bonchev–Trinajstić information content (AvgIpc) is 3.11. The third kappa shape index (κ3) is 5.38. The van der Waals surface area contributed by atoms with E-state index < -0.39 is 10.9 Å². The molecule has 0 bridgehead atoms. The number of esters is 2. The average molecular weight is 503 g/mol. The van der Waals surface area contributed by atoms with E-state index in [2.05, 4.69) is 20.9 Å². The van der Waals surface area contributed by atoms with Crippen molar-refractivity contribution < 1.29 is 28.7 Å². The first-order chi connectivity index (χ1) is 15.3. The van der Waals surface area contributed by atoms with Crippen molar-refractivity contribution in [1.82, 2.24) is 0 Å². The van der Waals surface area contributed by atoms with E-state index >= 15 is 0 Å². The molecule has 2 aromatic rings. The van der Waals surface area contributed by atoms with Gasteiger partial charge in [0.05, 0.1) is 16.0 Å². The maximum Gasteiger partial charge on any atom is 0.363 e. The maximum absolute atomic E-state index is 12.3. The molecule has 0 radical (unpaired) electrons. The molecular weight excluding hydrogens is 484 g/mol. The number of ether oxygens (including phenoxy) is 3. The molecule has 1 aliphatic heterocycles. The van der Waals surface area contributed by atoms with Crippen molar-refractivity contribution in [2.75, 3.05) is 6.61 Å². The molecule has 2 aromatic carbocycles. The molecule has 1 aliphatic rings. The number of nitrogens with zero attached hydrogens (tertiary/aromatic N) is 2. The highest BCUT2D eigenvalue weighted by atomic mass is 79.9. The number of halogens is 1. The van der Waals surface area contributed by atoms with Crippen LogP contribution in [0, 0.1) is 10.1 Å². The van der Waals surface area contributed by atoms with Gasteiger partial charge in [-0.1, -0.05) is 6.92 Å². The van der Waals surface area contributed by atoms with Crippen molar-refractivity contribution in [3.8, 4) is 11.5 Å². The van der Waals surface area contributed by atoms with Crippen molar-refractivity contribution in [3.05, 3.63) is 67.8 Å². The van der Waals surface area contributed by atoms with Crippen LogP contribution in [0.3, 0.4) is 0 Å². The van der Waals surface area contributed by atoms with Crippen LogP contribution in [0.2, 0.25) is 0 Å². The summed E-state index contributed by atoms with van der Waals surface area (Å²) in [6.45, 7) is 4.02. The van der Waals surface area contributed by atoms with Crippen LogP contribution in [0.5, 0.6) is 11.5 Å². The maximum atomic E-state index is 12.3. The lowest BCUT2D eigenvalue weighted by atomic mass is 10.1. The summed E-state index contributed by atoms with van der Waals surface area (Å²) in [6.07, 6.45) is 2.43. The van der Waals surface area contributed by atoms with E-state index in [9.17, 15) is 19.7 Å². The third-order valence-corrected chi connectivity index (χ3v) is 4.84. The first kappa shape index (κ1) is 23.1. The van der Waals surface area contributed by atoms with Crippen molar-refractivity contribution in [1.29, 1.82) is 0 Å². The number of nitro benzene ring substituents is 1. The van der Waals surface area contributed by atoms with Crippen LogP contribution < -0.4 is 9.47 Å². The molecule has 32 heavy (non-hydrogen) atoms. The summed E-state index contributed by atoms with van der Waals surface area (Å²) >= 11 is 3.39. The van der Waals surface area contributed by atoms with Crippen molar-refractivity contribution in [3.63, 3.8) is 0 Å². The van der Waals surface area contributed by atoms with Crippen LogP contribution >= 0.6 is 15.9 Å². The molecule has 166 valence electrons. The van der Waals surface area contributed by atoms with Crippen LogP contribution in [0.15, 0.2) is 51.6 Å². The Hall–Kier alpha value is -3.53. The van der Waals surface area contributed by atoms with Crippen LogP contribution in [0.1, 0.15) is 37.8 Å². The summed E-state index contributed by atoms with van der Waals surface area (Å²) in [5.74, 6) is -0.395. The number of hydrogen-bond donors (Lipinski definition) is 0. The first-order valence-electron chi connectivity index (χ1n) is 9.76. The SMILES string of the molecule is CCCC(=O)Oc1c(Br)cc(/C=C2\N=C(c3ccc([N+](=O)[O-])cc3)OC2=O)cc1OCC. The Balaban J connectivity index is 1.91. The Morgan fingerprint density at radius 3 is 2.59 bits per heavy atom. The topological polar surface area (TPSA) is 117 Å². The Labute approximate surface area is 192 Å². The Kier molecular flexibility index (Phi) is 7.37. The molecule has 0 unspecified atom stereocenters. The molecule has 0 spiro atoms. The van der Waals surface area contributed by atoms with Crippen molar-refractivity contribution in [2.45, 2.75) is 26.7 Å². The fourth-order valence-electron chi connectivity index (χ4n) is 2.82. The number of cyclic esters (lactones) is 1. The highest BCUT2D eigenvalue weighted by Crippen LogP contribution is 2.38. The molecule has 0 N–H and O–H groups in total. The minimum Gasteiger partial charge on any atom is -0.490 e. The molecule has 0 saturated carbocycles. The van der Waals surface area contributed by atoms with Crippen LogP contribution in [-0.4, -0.2) is 29.4 Å². The van der Waals surface area contributed by atoms with Crippen LogP contribution in [0.25, 0.3) is 6.08 Å². The van der Waals surface area contributed by atoms with Gasteiger partial charge in [0.25, 0.3) is 5.69 Å². The van der Waals surface area contributed by atoms with Gasteiger partial charge in [-0.3, -0.25) is 14.9 Å². The number of benzene rings is 2. The molecule has 3 rings (SSSR count). The summed E-state index contributed by atoms with van der Waals surface area (Å²) in [5, 5.41) is 10.8. The number of aliphatic imine (C=N–C) groups is 1. The largest absolute Gasteiger partial charge is 0.490 e. The fourth-order valence-corrected chi connectivity index (χ4v) is 3.36. The zero-order valence-corrected chi connectivity index (χ0v) is 18.9. The van der Waals surface area contributed by atoms with Crippen molar-refractivity contribution >= 4 is 45.5 Å². The Morgan fingerprint density at radius 2 is 1.97 bits per heavy atom. The van der Waals surface area contributed by atoms with Gasteiger partial charge in [-0.15, -0.1) is 0 Å². The van der Waals surface area contributed by atoms with Gasteiger partial charge >= 0.3 is 11.9 Å². The summed E-state index contributed by atoms with van der Waals surface area (Å²) in [4.78, 5) is 38.7. The number of nitro groups is 1. The molecule has 0 fully saturated rings. The van der Waals surface area contributed by atoms with E-state index in [1.807, 2.05) is 6.92 Å². The molecule has 0 saturated heterocycles. The number of carbonyl (C=O) groups is 2. The second-order valence-electron chi connectivity index (χ2n) is 6.63. The summed E-state index contributed by atoms with van der Waals surface area (Å²) < 4.78 is 16.7. The fraction of sp³-hybridized carbons (Fsp3) is 0.227. The third-order valence-electron chi connectivity index (χ3n) is 4.25. The lowest BCUT2D eigenvalue weighted by Gasteiger charge is -2.13. The van der Waals surface area contributed by atoms with E-state index in [1.165, 1.54) is 30.3 Å². The minimum absolute atomic E-state index is 0.0448. The first-order valence-corrected chi connectivity index (χ1v) is 10.6. The second kappa shape index (κ2) is 10.2. The van der Waals surface area contributed by atoms with Gasteiger partial charge < -0.3 is 14.2 Å². The number of rotatable bonds is 8. The predicted octanol–water partition coefficient (Wildman–Crippen LogP) is 4.81. The minimum atomic E-state index is -0.661. The zero-order valence-electron chi connectivity index (χ0n) is 17.3. The quantitative estimate of drug-likeness (QED) is 0.167. The van der Waals surface area contributed by atoms with Gasteiger partial charge in [0.15, 0.2) is 17.2 Å². The van der Waals surface area contributed by atoms with E-state index in [4.69, 9.17) is 14.2 Å². The second-order valence-corrected chi connectivity index (χ2v) is 7.48. The number of carbonyl (C=O) groups excluding carboxylic acids is 2.